The van der Waals surface area contributed by atoms with Gasteiger partial charge in [0.05, 0.1) is 5.52 Å². The van der Waals surface area contributed by atoms with Gasteiger partial charge in [0.25, 0.3) is 5.56 Å². The number of rotatable bonds is 3. The largest absolute Gasteiger partial charge is 0.351 e. The second-order valence-corrected chi connectivity index (χ2v) is 7.87. The quantitative estimate of drug-likeness (QED) is 0.775. The Morgan fingerprint density at radius 2 is 1.96 bits per heavy atom. The monoisotopic (exact) mass is 366 g/mol. The molecular weight excluding hydrogens is 340 g/mol. The van der Waals surface area contributed by atoms with Crippen molar-refractivity contribution < 1.29 is 4.79 Å². The summed E-state index contributed by atoms with van der Waals surface area (Å²) < 4.78 is 3.16. The average molecular weight is 366 g/mol. The highest BCUT2D eigenvalue weighted by molar-refractivity contribution is 5.87. The van der Waals surface area contributed by atoms with Crippen LogP contribution in [0.2, 0.25) is 0 Å². The summed E-state index contributed by atoms with van der Waals surface area (Å²) in [4.78, 5) is 25.5. The van der Waals surface area contributed by atoms with Gasteiger partial charge >= 0.3 is 0 Å². The fourth-order valence-corrected chi connectivity index (χ4v) is 4.26. The third-order valence-corrected chi connectivity index (χ3v) is 5.75. The minimum Gasteiger partial charge on any atom is -0.351 e. The number of aromatic nitrogens is 3. The summed E-state index contributed by atoms with van der Waals surface area (Å²) in [5.74, 6) is 1.04. The molecule has 1 N–H and O–H groups in total. The summed E-state index contributed by atoms with van der Waals surface area (Å²) in [6.45, 7) is 6.03. The molecule has 3 aromatic rings. The summed E-state index contributed by atoms with van der Waals surface area (Å²) in [5.41, 5.74) is 2.43. The molecule has 4 rings (SSSR count). The molecule has 0 bridgehead atoms. The van der Waals surface area contributed by atoms with Crippen molar-refractivity contribution in [3.8, 4) is 0 Å². The number of fused-ring (bicyclic) bond motifs is 3. The number of hydrogen-bond donors (Lipinski definition) is 1. The van der Waals surface area contributed by atoms with Crippen LogP contribution in [0.4, 0.5) is 0 Å². The van der Waals surface area contributed by atoms with Crippen molar-refractivity contribution in [1.82, 2.24) is 19.5 Å². The van der Waals surface area contributed by atoms with Crippen LogP contribution in [0.25, 0.3) is 16.4 Å². The van der Waals surface area contributed by atoms with Crippen molar-refractivity contribution >= 4 is 22.3 Å². The van der Waals surface area contributed by atoms with Crippen LogP contribution in [0.5, 0.6) is 0 Å². The first-order valence-electron chi connectivity index (χ1n) is 9.73. The van der Waals surface area contributed by atoms with Gasteiger partial charge in [-0.3, -0.25) is 14.0 Å². The van der Waals surface area contributed by atoms with Crippen molar-refractivity contribution in [3.63, 3.8) is 0 Å². The molecule has 2 aromatic heterocycles. The Labute approximate surface area is 158 Å². The van der Waals surface area contributed by atoms with Crippen LogP contribution in [0, 0.1) is 19.8 Å². The van der Waals surface area contributed by atoms with Gasteiger partial charge in [-0.1, -0.05) is 31.4 Å². The van der Waals surface area contributed by atoms with E-state index in [1.165, 1.54) is 11.1 Å². The molecule has 6 nitrogen and oxygen atoms in total. The summed E-state index contributed by atoms with van der Waals surface area (Å²) in [5, 5.41) is 8.51. The molecule has 0 saturated heterocycles. The number of carbonyl (C=O) groups is 1. The van der Waals surface area contributed by atoms with Crippen LogP contribution in [0.15, 0.2) is 29.1 Å². The molecule has 1 fully saturated rings. The molecule has 1 aliphatic rings. The van der Waals surface area contributed by atoms with Gasteiger partial charge in [-0.2, -0.15) is 5.10 Å². The topological polar surface area (TPSA) is 68.4 Å². The van der Waals surface area contributed by atoms with Crippen molar-refractivity contribution in [2.45, 2.75) is 59.0 Å². The predicted molar refractivity (Wildman–Crippen MR) is 106 cm³/mol. The van der Waals surface area contributed by atoms with Gasteiger partial charge in [-0.05, 0) is 50.8 Å². The maximum atomic E-state index is 12.9. The molecule has 2 heterocycles. The van der Waals surface area contributed by atoms with E-state index in [1.807, 2.05) is 36.4 Å². The van der Waals surface area contributed by atoms with Gasteiger partial charge in [-0.25, -0.2) is 4.68 Å². The third-order valence-electron chi connectivity index (χ3n) is 5.75. The zero-order chi connectivity index (χ0) is 19.1. The van der Waals surface area contributed by atoms with E-state index in [1.54, 1.807) is 0 Å². The highest BCUT2D eigenvalue weighted by Crippen LogP contribution is 2.24. The molecule has 0 unspecified atom stereocenters. The van der Waals surface area contributed by atoms with Gasteiger partial charge in [-0.15, -0.1) is 0 Å². The Morgan fingerprint density at radius 1 is 1.19 bits per heavy atom. The van der Waals surface area contributed by atoms with E-state index in [-0.39, 0.29) is 24.1 Å². The lowest BCUT2D eigenvalue weighted by molar-refractivity contribution is -0.123. The fraction of sp³-hybridized carbons (Fsp3) is 0.476. The second kappa shape index (κ2) is 6.83. The molecule has 0 aliphatic heterocycles. The zero-order valence-electron chi connectivity index (χ0n) is 16.2. The summed E-state index contributed by atoms with van der Waals surface area (Å²) >= 11 is 0. The molecule has 0 radical (unpaired) electrons. The van der Waals surface area contributed by atoms with E-state index in [2.05, 4.69) is 23.4 Å². The Balaban J connectivity index is 1.66. The standard InChI is InChI=1S/C21H26N4O2/c1-13-8-9-18-16(10-13)11-19-21(27)24(23-15(3)25(18)19)12-20(26)22-17-7-5-4-6-14(17)2/h8-11,14,17H,4-7,12H2,1-3H3,(H,22,26)/t14-,17-/m1/s1. The first-order chi connectivity index (χ1) is 12.9. The maximum Gasteiger partial charge on any atom is 0.291 e. The lowest BCUT2D eigenvalue weighted by atomic mass is 9.86. The van der Waals surface area contributed by atoms with Crippen LogP contribution < -0.4 is 10.9 Å². The molecule has 6 heteroatoms. The average Bonchev–Trinajstić information content (AvgIpc) is 3.00. The Morgan fingerprint density at radius 3 is 2.74 bits per heavy atom. The molecule has 27 heavy (non-hydrogen) atoms. The fourth-order valence-electron chi connectivity index (χ4n) is 4.26. The van der Waals surface area contributed by atoms with E-state index in [4.69, 9.17) is 0 Å². The van der Waals surface area contributed by atoms with Crippen LogP contribution >= 0.6 is 0 Å². The minimum absolute atomic E-state index is 0.0417. The van der Waals surface area contributed by atoms with Crippen molar-refractivity contribution in [2.24, 2.45) is 5.92 Å². The van der Waals surface area contributed by atoms with Crippen LogP contribution in [0.1, 0.15) is 44.0 Å². The highest BCUT2D eigenvalue weighted by Gasteiger charge is 2.23. The van der Waals surface area contributed by atoms with Gasteiger partial charge < -0.3 is 5.32 Å². The Bertz CT molecular complexity index is 1080. The van der Waals surface area contributed by atoms with Gasteiger partial charge in [0.15, 0.2) is 0 Å². The zero-order valence-corrected chi connectivity index (χ0v) is 16.2. The van der Waals surface area contributed by atoms with Gasteiger partial charge in [0, 0.05) is 11.4 Å². The predicted octanol–water partition coefficient (Wildman–Crippen LogP) is 2.96. The van der Waals surface area contributed by atoms with Gasteiger partial charge in [0.1, 0.15) is 17.9 Å². The van der Waals surface area contributed by atoms with E-state index < -0.39 is 0 Å². The normalized spacial score (nSPS) is 20.3. The molecule has 1 aliphatic carbocycles. The van der Waals surface area contributed by atoms with E-state index in [9.17, 15) is 9.59 Å². The van der Waals surface area contributed by atoms with Crippen LogP contribution in [0.3, 0.4) is 0 Å². The molecule has 2 atom stereocenters. The molecule has 1 saturated carbocycles. The van der Waals surface area contributed by atoms with E-state index in [0.29, 0.717) is 17.3 Å². The molecule has 142 valence electrons. The summed E-state index contributed by atoms with van der Waals surface area (Å²) in [7, 11) is 0. The van der Waals surface area contributed by atoms with Crippen LogP contribution in [-0.2, 0) is 11.3 Å². The van der Waals surface area contributed by atoms with Crippen molar-refractivity contribution in [3.05, 3.63) is 46.0 Å². The molecular formula is C21H26N4O2. The summed E-state index contributed by atoms with van der Waals surface area (Å²) in [6, 6.07) is 8.18. The Hall–Kier alpha value is -2.63. The summed E-state index contributed by atoms with van der Waals surface area (Å²) in [6.07, 6.45) is 4.53. The van der Waals surface area contributed by atoms with Crippen molar-refractivity contribution in [1.29, 1.82) is 0 Å². The molecule has 1 amide bonds. The number of nitrogens with zero attached hydrogens (tertiary/aromatic N) is 3. The number of hydrogen-bond acceptors (Lipinski definition) is 3. The highest BCUT2D eigenvalue weighted by atomic mass is 16.2. The van der Waals surface area contributed by atoms with Gasteiger partial charge in [0.2, 0.25) is 5.91 Å². The SMILES string of the molecule is Cc1ccc2c(c1)cc1c(=O)n(CC(=O)N[C@@H]3CCCC[C@H]3C)nc(C)n12. The number of benzene rings is 1. The maximum absolute atomic E-state index is 12.9. The number of amides is 1. The number of carbonyl (C=O) groups excluding carboxylic acids is 1. The number of nitrogens with one attached hydrogen (secondary N) is 1. The first kappa shape index (κ1) is 17.8. The Kier molecular flexibility index (Phi) is 4.50. The third kappa shape index (κ3) is 3.24. The van der Waals surface area contributed by atoms with Crippen molar-refractivity contribution in [2.75, 3.05) is 0 Å². The minimum atomic E-state index is -0.235. The first-order valence-corrected chi connectivity index (χ1v) is 9.73. The van der Waals surface area contributed by atoms with E-state index >= 15 is 0 Å². The molecule has 1 aromatic carbocycles. The second-order valence-electron chi connectivity index (χ2n) is 7.87. The van der Waals surface area contributed by atoms with E-state index in [0.717, 1.165) is 35.7 Å². The molecule has 0 spiro atoms. The smallest absolute Gasteiger partial charge is 0.291 e. The van der Waals surface area contributed by atoms with Crippen LogP contribution in [-0.4, -0.2) is 26.1 Å². The lowest BCUT2D eigenvalue weighted by Crippen LogP contribution is -2.44. The lowest BCUT2D eigenvalue weighted by Gasteiger charge is -2.29. The number of aryl methyl sites for hydroxylation is 2.